The predicted octanol–water partition coefficient (Wildman–Crippen LogP) is 2.24. The Kier molecular flexibility index (Phi) is 5.81. The van der Waals surface area contributed by atoms with Gasteiger partial charge in [-0.25, -0.2) is 4.98 Å². The lowest BCUT2D eigenvalue weighted by atomic mass is 10.1. The van der Waals surface area contributed by atoms with Crippen LogP contribution in [-0.2, 0) is 14.4 Å². The molecule has 1 saturated heterocycles. The number of halogens is 1. The molecular formula is C21H21BrN6O3. The lowest BCUT2D eigenvalue weighted by molar-refractivity contribution is -0.136. The molecule has 3 atom stereocenters. The zero-order chi connectivity index (χ0) is 22.1. The summed E-state index contributed by atoms with van der Waals surface area (Å²) in [6, 6.07) is 6.38. The molecule has 2 aromatic heterocycles. The molecule has 31 heavy (non-hydrogen) atoms. The number of ketones is 1. The summed E-state index contributed by atoms with van der Waals surface area (Å²) < 4.78 is 0.612. The van der Waals surface area contributed by atoms with Gasteiger partial charge in [-0.05, 0) is 52.9 Å². The number of nitrogens with one attached hydrogen (secondary N) is 3. The molecule has 1 aliphatic heterocycles. The Labute approximate surface area is 187 Å². The molecule has 3 heterocycles. The number of carbonyl (C=O) groups excluding carboxylic acids is 3. The highest BCUT2D eigenvalue weighted by atomic mass is 79.9. The fourth-order valence-corrected chi connectivity index (χ4v) is 4.28. The number of rotatable bonds is 7. The molecule has 4 rings (SSSR count). The predicted molar refractivity (Wildman–Crippen MR) is 118 cm³/mol. The van der Waals surface area contributed by atoms with Gasteiger partial charge in [0.05, 0.1) is 6.54 Å². The van der Waals surface area contributed by atoms with Crippen LogP contribution in [0.25, 0.3) is 0 Å². The highest BCUT2D eigenvalue weighted by Crippen LogP contribution is 2.48. The van der Waals surface area contributed by atoms with E-state index in [0.717, 1.165) is 6.42 Å². The number of amides is 2. The Balaban J connectivity index is 1.44. The van der Waals surface area contributed by atoms with E-state index in [1.165, 1.54) is 19.3 Å². The molecule has 1 saturated carbocycles. The van der Waals surface area contributed by atoms with Crippen molar-refractivity contribution in [2.45, 2.75) is 31.8 Å². The molecule has 2 amide bonds. The maximum atomic E-state index is 13.0. The standard InChI is InChI=1S/C21H21BrN6O3/c1-11(29)20(23)13-9-24-6-5-14(13)25-10-19(30)28-15-7-12(15)8-16(28)21(31)27-18-4-2-3-17(22)26-18/h2-6,9,12,15-16,23H,7-8,10H2,1H3,(H,24,25)(H,26,27,31)/t12-,15-,16+/m1/s1. The van der Waals surface area contributed by atoms with Gasteiger partial charge < -0.3 is 15.5 Å². The van der Waals surface area contributed by atoms with Crippen LogP contribution < -0.4 is 10.6 Å². The van der Waals surface area contributed by atoms with E-state index in [1.807, 2.05) is 0 Å². The zero-order valence-electron chi connectivity index (χ0n) is 16.8. The van der Waals surface area contributed by atoms with E-state index in [4.69, 9.17) is 5.41 Å². The highest BCUT2D eigenvalue weighted by molar-refractivity contribution is 9.10. The summed E-state index contributed by atoms with van der Waals surface area (Å²) in [5.41, 5.74) is 0.642. The van der Waals surface area contributed by atoms with Gasteiger partial charge in [0.1, 0.15) is 22.2 Å². The van der Waals surface area contributed by atoms with Gasteiger partial charge in [-0.15, -0.1) is 0 Å². The number of hydrogen-bond acceptors (Lipinski definition) is 7. The van der Waals surface area contributed by atoms with Crippen LogP contribution in [0.4, 0.5) is 11.5 Å². The van der Waals surface area contributed by atoms with Gasteiger partial charge in [-0.1, -0.05) is 6.07 Å². The molecule has 2 fully saturated rings. The van der Waals surface area contributed by atoms with Gasteiger partial charge in [-0.3, -0.25) is 24.8 Å². The Morgan fingerprint density at radius 1 is 1.26 bits per heavy atom. The van der Waals surface area contributed by atoms with Gasteiger partial charge in [0.25, 0.3) is 0 Å². The van der Waals surface area contributed by atoms with Crippen LogP contribution in [0.2, 0.25) is 0 Å². The maximum absolute atomic E-state index is 13.0. The van der Waals surface area contributed by atoms with E-state index >= 15 is 0 Å². The van der Waals surface area contributed by atoms with E-state index in [2.05, 4.69) is 36.5 Å². The number of anilines is 2. The molecule has 3 N–H and O–H groups in total. The molecular weight excluding hydrogens is 464 g/mol. The maximum Gasteiger partial charge on any atom is 0.248 e. The lowest BCUT2D eigenvalue weighted by Crippen LogP contribution is -2.47. The van der Waals surface area contributed by atoms with Crippen LogP contribution in [0.3, 0.4) is 0 Å². The minimum Gasteiger partial charge on any atom is -0.376 e. The Morgan fingerprint density at radius 2 is 2.06 bits per heavy atom. The monoisotopic (exact) mass is 484 g/mol. The molecule has 0 radical (unpaired) electrons. The summed E-state index contributed by atoms with van der Waals surface area (Å²) >= 11 is 3.28. The minimum absolute atomic E-state index is 0.0513. The SMILES string of the molecule is CC(=O)C(=N)c1cnccc1NCC(=O)N1[C@@H]2C[C@@H]2C[C@H]1C(=O)Nc1cccc(Br)n1. The number of fused-ring (bicyclic) bond motifs is 1. The number of likely N-dealkylation sites (tertiary alicyclic amines) is 1. The fraction of sp³-hybridized carbons (Fsp3) is 0.333. The number of piperidine rings is 1. The third-order valence-electron chi connectivity index (χ3n) is 5.53. The van der Waals surface area contributed by atoms with Crippen molar-refractivity contribution in [2.24, 2.45) is 5.92 Å². The van der Waals surface area contributed by atoms with Gasteiger partial charge >= 0.3 is 0 Å². The Bertz CT molecular complexity index is 1070. The van der Waals surface area contributed by atoms with Gasteiger partial charge in [0.15, 0.2) is 5.78 Å². The van der Waals surface area contributed by atoms with E-state index < -0.39 is 6.04 Å². The topological polar surface area (TPSA) is 128 Å². The first-order valence-electron chi connectivity index (χ1n) is 9.87. The number of hydrogen-bond donors (Lipinski definition) is 3. The highest BCUT2D eigenvalue weighted by Gasteiger charge is 2.55. The van der Waals surface area contributed by atoms with E-state index in [9.17, 15) is 14.4 Å². The molecule has 9 nitrogen and oxygen atoms in total. The van der Waals surface area contributed by atoms with E-state index in [1.54, 1.807) is 29.2 Å². The quantitative estimate of drug-likeness (QED) is 0.408. The summed E-state index contributed by atoms with van der Waals surface area (Å²) in [4.78, 5) is 47.3. The van der Waals surface area contributed by atoms with Crippen LogP contribution in [0.15, 0.2) is 41.3 Å². The number of aromatic nitrogens is 2. The summed E-state index contributed by atoms with van der Waals surface area (Å²) in [7, 11) is 0. The van der Waals surface area contributed by atoms with Crippen molar-refractivity contribution in [1.29, 1.82) is 5.41 Å². The first-order valence-corrected chi connectivity index (χ1v) is 10.7. The molecule has 2 aliphatic rings. The summed E-state index contributed by atoms with van der Waals surface area (Å²) in [5, 5.41) is 13.7. The summed E-state index contributed by atoms with van der Waals surface area (Å²) in [6.45, 7) is 1.26. The second kappa shape index (κ2) is 8.54. The third kappa shape index (κ3) is 4.48. The van der Waals surface area contributed by atoms with Crippen LogP contribution in [0.1, 0.15) is 25.3 Å². The third-order valence-corrected chi connectivity index (χ3v) is 5.98. The van der Waals surface area contributed by atoms with Crippen LogP contribution in [0.5, 0.6) is 0 Å². The van der Waals surface area contributed by atoms with Crippen LogP contribution >= 0.6 is 15.9 Å². The van der Waals surface area contributed by atoms with Crippen molar-refractivity contribution >= 4 is 50.7 Å². The van der Waals surface area contributed by atoms with E-state index in [-0.39, 0.29) is 35.9 Å². The van der Waals surface area contributed by atoms with Crippen molar-refractivity contribution in [1.82, 2.24) is 14.9 Å². The van der Waals surface area contributed by atoms with Gasteiger partial charge in [0.2, 0.25) is 11.8 Å². The average Bonchev–Trinajstić information content (AvgIpc) is 3.41. The van der Waals surface area contributed by atoms with Crippen molar-refractivity contribution in [3.63, 3.8) is 0 Å². The van der Waals surface area contributed by atoms with Crippen LogP contribution in [-0.4, -0.2) is 56.8 Å². The Hall–Kier alpha value is -3.14. The van der Waals surface area contributed by atoms with E-state index in [0.29, 0.717) is 34.0 Å². The molecule has 160 valence electrons. The molecule has 0 unspecified atom stereocenters. The fourth-order valence-electron chi connectivity index (χ4n) is 3.94. The molecule has 1 aliphatic carbocycles. The molecule has 0 spiro atoms. The van der Waals surface area contributed by atoms with Crippen molar-refractivity contribution in [3.05, 3.63) is 46.8 Å². The second-order valence-electron chi connectivity index (χ2n) is 7.66. The second-order valence-corrected chi connectivity index (χ2v) is 8.47. The number of nitrogens with zero attached hydrogens (tertiary/aromatic N) is 3. The van der Waals surface area contributed by atoms with Crippen molar-refractivity contribution in [2.75, 3.05) is 17.2 Å². The van der Waals surface area contributed by atoms with Crippen LogP contribution in [0, 0.1) is 11.3 Å². The first-order chi connectivity index (χ1) is 14.8. The van der Waals surface area contributed by atoms with Crippen molar-refractivity contribution in [3.8, 4) is 0 Å². The minimum atomic E-state index is -0.550. The largest absolute Gasteiger partial charge is 0.376 e. The number of pyridine rings is 2. The first kappa shape index (κ1) is 21.1. The molecule has 2 aromatic rings. The Morgan fingerprint density at radius 3 is 2.81 bits per heavy atom. The normalized spacial score (nSPS) is 21.2. The van der Waals surface area contributed by atoms with Gasteiger partial charge in [-0.2, -0.15) is 0 Å². The zero-order valence-corrected chi connectivity index (χ0v) is 18.3. The molecule has 0 bridgehead atoms. The molecule has 0 aromatic carbocycles. The van der Waals surface area contributed by atoms with Crippen molar-refractivity contribution < 1.29 is 14.4 Å². The smallest absolute Gasteiger partial charge is 0.248 e. The average molecular weight is 485 g/mol. The summed E-state index contributed by atoms with van der Waals surface area (Å²) in [6.07, 6.45) is 4.48. The number of Topliss-reactive ketones (excluding diaryl/α,β-unsaturated/α-hetero) is 1. The summed E-state index contributed by atoms with van der Waals surface area (Å²) in [5.74, 6) is -0.0774. The lowest BCUT2D eigenvalue weighted by Gasteiger charge is -2.27. The van der Waals surface area contributed by atoms with Gasteiger partial charge in [0, 0.05) is 36.6 Å². The molecule has 10 heteroatoms. The number of carbonyl (C=O) groups is 3.